The van der Waals surface area contributed by atoms with Crippen molar-refractivity contribution in [2.24, 2.45) is 0 Å². The van der Waals surface area contributed by atoms with Crippen LogP contribution in [0.5, 0.6) is 0 Å². The van der Waals surface area contributed by atoms with E-state index < -0.39 is 6.04 Å². The van der Waals surface area contributed by atoms with Crippen LogP contribution in [0.3, 0.4) is 0 Å². The van der Waals surface area contributed by atoms with Crippen LogP contribution in [0.2, 0.25) is 5.02 Å². The summed E-state index contributed by atoms with van der Waals surface area (Å²) in [4.78, 5) is 41.1. The predicted octanol–water partition coefficient (Wildman–Crippen LogP) is 5.50. The van der Waals surface area contributed by atoms with E-state index in [9.17, 15) is 14.4 Å². The van der Waals surface area contributed by atoms with Gasteiger partial charge in [0.2, 0.25) is 10.7 Å². The molecular weight excluding hydrogens is 480 g/mol. The smallest absolute Gasteiger partial charge is 0.251 e. The minimum Gasteiger partial charge on any atom is -0.341 e. The zero-order valence-electron chi connectivity index (χ0n) is 18.7. The number of para-hydroxylation sites is 1. The Hall–Kier alpha value is -3.61. The van der Waals surface area contributed by atoms with Gasteiger partial charge in [0.1, 0.15) is 6.04 Å². The second kappa shape index (κ2) is 11.7. The fourth-order valence-corrected chi connectivity index (χ4v) is 4.51. The number of pyridine rings is 1. The summed E-state index contributed by atoms with van der Waals surface area (Å²) in [5, 5.41) is 4.02. The van der Waals surface area contributed by atoms with Crippen molar-refractivity contribution in [3.63, 3.8) is 0 Å². The highest BCUT2D eigenvalue weighted by Gasteiger charge is 2.23. The zero-order valence-corrected chi connectivity index (χ0v) is 20.3. The Kier molecular flexibility index (Phi) is 8.19. The number of benzene rings is 3. The highest BCUT2D eigenvalue weighted by Crippen LogP contribution is 2.19. The Morgan fingerprint density at radius 1 is 0.971 bits per heavy atom. The summed E-state index contributed by atoms with van der Waals surface area (Å²) in [5.74, 6) is 0.0755. The average Bonchev–Trinajstić information content (AvgIpc) is 2.87. The third kappa shape index (κ3) is 6.72. The largest absolute Gasteiger partial charge is 0.341 e. The molecule has 0 aliphatic heterocycles. The quantitative estimate of drug-likeness (QED) is 0.333. The molecule has 1 aromatic heterocycles. The number of halogens is 1. The molecule has 1 unspecified atom stereocenters. The van der Waals surface area contributed by atoms with Gasteiger partial charge in [-0.2, -0.15) is 0 Å². The predicted molar refractivity (Wildman–Crippen MR) is 144 cm³/mol. The number of carbonyl (C=O) groups excluding carboxylic acids is 2. The average molecular weight is 503 g/mol. The number of thioether (sulfide) groups is 1. The Morgan fingerprint density at radius 2 is 1.69 bits per heavy atom. The summed E-state index contributed by atoms with van der Waals surface area (Å²) in [7, 11) is 0. The normalized spacial score (nSPS) is 12.0. The fourth-order valence-electron chi connectivity index (χ4n) is 3.68. The van der Waals surface area contributed by atoms with Gasteiger partial charge >= 0.3 is 0 Å². The van der Waals surface area contributed by atoms with Crippen molar-refractivity contribution in [3.05, 3.63) is 123 Å². The highest BCUT2D eigenvalue weighted by molar-refractivity contribution is 8.13. The molecule has 3 aromatic carbocycles. The van der Waals surface area contributed by atoms with Crippen LogP contribution in [0, 0.1) is 0 Å². The van der Waals surface area contributed by atoms with Gasteiger partial charge in [-0.15, -0.1) is 0 Å². The van der Waals surface area contributed by atoms with Crippen LogP contribution in [0.25, 0.3) is 17.0 Å². The summed E-state index contributed by atoms with van der Waals surface area (Å²) in [5.41, 5.74) is 2.57. The zero-order chi connectivity index (χ0) is 24.6. The van der Waals surface area contributed by atoms with E-state index in [-0.39, 0.29) is 23.0 Å². The van der Waals surface area contributed by atoms with Crippen LogP contribution in [0.4, 0.5) is 0 Å². The second-order valence-electron chi connectivity index (χ2n) is 7.88. The van der Waals surface area contributed by atoms with Gasteiger partial charge in [-0.3, -0.25) is 14.4 Å². The molecule has 0 spiro atoms. The Labute approximate surface area is 212 Å². The number of rotatable bonds is 8. The summed E-state index contributed by atoms with van der Waals surface area (Å²) < 4.78 is 0. The van der Waals surface area contributed by atoms with E-state index in [1.165, 1.54) is 6.07 Å². The molecule has 176 valence electrons. The summed E-state index contributed by atoms with van der Waals surface area (Å²) in [6.45, 7) is 0. The van der Waals surface area contributed by atoms with Crippen molar-refractivity contribution in [1.82, 2.24) is 10.3 Å². The molecule has 0 aliphatic rings. The molecule has 0 aliphatic carbocycles. The maximum absolute atomic E-state index is 13.2. The lowest BCUT2D eigenvalue weighted by Crippen LogP contribution is -2.41. The third-order valence-corrected chi connectivity index (χ3v) is 6.57. The minimum atomic E-state index is -0.821. The highest BCUT2D eigenvalue weighted by atomic mass is 35.5. The maximum atomic E-state index is 13.2. The van der Waals surface area contributed by atoms with Gasteiger partial charge in [0, 0.05) is 39.7 Å². The Balaban J connectivity index is 1.55. The number of nitrogens with one attached hydrogen (secondary N) is 2. The van der Waals surface area contributed by atoms with Crippen molar-refractivity contribution in [2.45, 2.75) is 12.5 Å². The second-order valence-corrected chi connectivity index (χ2v) is 9.35. The molecule has 5 nitrogen and oxygen atoms in total. The molecule has 4 aromatic rings. The number of hydrogen-bond acceptors (Lipinski definition) is 4. The van der Waals surface area contributed by atoms with Crippen molar-refractivity contribution in [2.75, 3.05) is 5.75 Å². The lowest BCUT2D eigenvalue weighted by Gasteiger charge is -2.18. The fraction of sp³-hybridized carbons (Fsp3) is 0.107. The first-order valence-corrected chi connectivity index (χ1v) is 12.4. The van der Waals surface area contributed by atoms with Crippen molar-refractivity contribution in [1.29, 1.82) is 0 Å². The van der Waals surface area contributed by atoms with Crippen LogP contribution in [-0.4, -0.2) is 27.8 Å². The minimum absolute atomic E-state index is 0.186. The maximum Gasteiger partial charge on any atom is 0.251 e. The molecule has 7 heteroatoms. The van der Waals surface area contributed by atoms with Crippen molar-refractivity contribution in [3.8, 4) is 0 Å². The number of carbonyl (C=O) groups is 2. The standard InChI is InChI=1S/C28H23ClN2O3S/c29-22-14-12-20(13-15-22)27(33)31-25(28(34)35-16-6-9-19-7-2-1-3-8-19)17-21-18-26(32)30-24-11-5-4-10-23(21)24/h1-15,18,25H,16-17H2,(H,30,32)(H,31,33)/b9-6+. The molecule has 0 fully saturated rings. The number of fused-ring (bicyclic) bond motifs is 1. The van der Waals surface area contributed by atoms with Crippen molar-refractivity contribution < 1.29 is 9.59 Å². The van der Waals surface area contributed by atoms with Gasteiger partial charge in [0.15, 0.2) is 0 Å². The van der Waals surface area contributed by atoms with E-state index in [4.69, 9.17) is 11.6 Å². The van der Waals surface area contributed by atoms with Gasteiger partial charge in [-0.1, -0.05) is 84.0 Å². The first-order valence-electron chi connectivity index (χ1n) is 11.1. The van der Waals surface area contributed by atoms with Crippen LogP contribution in [-0.2, 0) is 11.2 Å². The van der Waals surface area contributed by atoms with E-state index in [0.717, 1.165) is 22.7 Å². The number of H-pyrrole nitrogens is 1. The molecule has 1 atom stereocenters. The lowest BCUT2D eigenvalue weighted by atomic mass is 10.0. The molecule has 1 heterocycles. The number of aromatic amines is 1. The van der Waals surface area contributed by atoms with Gasteiger partial charge < -0.3 is 10.3 Å². The van der Waals surface area contributed by atoms with Crippen LogP contribution < -0.4 is 10.9 Å². The molecule has 2 N–H and O–H groups in total. The van der Waals surface area contributed by atoms with E-state index in [2.05, 4.69) is 10.3 Å². The van der Waals surface area contributed by atoms with E-state index in [0.29, 0.717) is 27.4 Å². The monoisotopic (exact) mass is 502 g/mol. The first-order chi connectivity index (χ1) is 17.0. The van der Waals surface area contributed by atoms with Gasteiger partial charge in [-0.05, 0) is 41.5 Å². The van der Waals surface area contributed by atoms with Crippen LogP contribution in [0.1, 0.15) is 21.5 Å². The molecule has 4 rings (SSSR count). The summed E-state index contributed by atoms with van der Waals surface area (Å²) >= 11 is 7.06. The van der Waals surface area contributed by atoms with E-state index in [1.54, 1.807) is 24.3 Å². The molecule has 0 bridgehead atoms. The lowest BCUT2D eigenvalue weighted by molar-refractivity contribution is -0.112. The summed E-state index contributed by atoms with van der Waals surface area (Å²) in [6, 6.07) is 24.3. The molecule has 0 saturated carbocycles. The number of hydrogen-bond donors (Lipinski definition) is 2. The van der Waals surface area contributed by atoms with Gasteiger partial charge in [-0.25, -0.2) is 0 Å². The number of amides is 1. The SMILES string of the molecule is O=C(NC(Cc1cc(=O)[nH]c2ccccc12)C(=O)SC/C=C/c1ccccc1)c1ccc(Cl)cc1. The third-order valence-electron chi connectivity index (χ3n) is 5.39. The van der Waals surface area contributed by atoms with Gasteiger partial charge in [0.05, 0.1) is 0 Å². The van der Waals surface area contributed by atoms with Crippen LogP contribution in [0.15, 0.2) is 95.8 Å². The van der Waals surface area contributed by atoms with E-state index >= 15 is 0 Å². The van der Waals surface area contributed by atoms with E-state index in [1.807, 2.05) is 66.7 Å². The molecule has 35 heavy (non-hydrogen) atoms. The molecule has 1 amide bonds. The summed E-state index contributed by atoms with van der Waals surface area (Å²) in [6.07, 6.45) is 4.06. The molecular formula is C28H23ClN2O3S. The number of aromatic nitrogens is 1. The van der Waals surface area contributed by atoms with Gasteiger partial charge in [0.25, 0.3) is 5.91 Å². The van der Waals surface area contributed by atoms with Crippen LogP contribution >= 0.6 is 23.4 Å². The topological polar surface area (TPSA) is 79.0 Å². The molecule has 0 radical (unpaired) electrons. The first kappa shape index (κ1) is 24.5. The Bertz CT molecular complexity index is 1420. The Morgan fingerprint density at radius 3 is 2.46 bits per heavy atom. The molecule has 0 saturated heterocycles. The van der Waals surface area contributed by atoms with Crippen molar-refractivity contribution >= 4 is 51.4 Å².